The minimum atomic E-state index is -1.32. The molecule has 0 aliphatic carbocycles. The van der Waals surface area contributed by atoms with Crippen LogP contribution >= 0.6 is 0 Å². The number of carbonyl (C=O) groups excluding carboxylic acids is 7. The van der Waals surface area contributed by atoms with E-state index in [-0.39, 0.29) is 51.0 Å². The largest absolute Gasteiger partial charge is 0.445 e. The Hall–Kier alpha value is -5.77. The molecule has 1 saturated heterocycles. The van der Waals surface area contributed by atoms with E-state index >= 15 is 0 Å². The van der Waals surface area contributed by atoms with Gasteiger partial charge in [-0.15, -0.1) is 0 Å². The van der Waals surface area contributed by atoms with Gasteiger partial charge in [-0.2, -0.15) is 0 Å². The van der Waals surface area contributed by atoms with Crippen LogP contribution in [0.5, 0.6) is 0 Å². The lowest BCUT2D eigenvalue weighted by Crippen LogP contribution is -2.58. The lowest BCUT2D eigenvalue weighted by Gasteiger charge is -2.26. The lowest BCUT2D eigenvalue weighted by atomic mass is 10.0. The summed E-state index contributed by atoms with van der Waals surface area (Å²) in [7, 11) is 0. The Kier molecular flexibility index (Phi) is 17.6. The van der Waals surface area contributed by atoms with Crippen molar-refractivity contribution >= 4 is 41.5 Å². The van der Waals surface area contributed by atoms with Gasteiger partial charge in [0.05, 0.1) is 13.2 Å². The number of ether oxygens (including phenoxy) is 1. The number of nitrogens with one attached hydrogen (secondary N) is 4. The molecule has 0 unspecified atom stereocenters. The van der Waals surface area contributed by atoms with Crippen LogP contribution in [0, 0.1) is 5.92 Å². The van der Waals surface area contributed by atoms with Crippen LogP contribution in [0.1, 0.15) is 63.5 Å². The molecule has 8 N–H and O–H groups in total. The van der Waals surface area contributed by atoms with Gasteiger partial charge >= 0.3 is 6.09 Å². The first kappa shape index (κ1) is 42.6. The van der Waals surface area contributed by atoms with Crippen LogP contribution in [0.25, 0.3) is 0 Å². The summed E-state index contributed by atoms with van der Waals surface area (Å²) in [6.07, 6.45) is 2.13. The van der Waals surface area contributed by atoms with Crippen molar-refractivity contribution in [1.82, 2.24) is 26.3 Å². The maximum Gasteiger partial charge on any atom is 0.408 e. The van der Waals surface area contributed by atoms with E-state index in [1.807, 2.05) is 19.9 Å². The normalized spacial score (nSPS) is 14.8. The molecule has 1 aliphatic heterocycles. The molecular weight excluding hydrogens is 698 g/mol. The molecule has 54 heavy (non-hydrogen) atoms. The Morgan fingerprint density at radius 3 is 1.93 bits per heavy atom. The van der Waals surface area contributed by atoms with Crippen molar-refractivity contribution in [2.24, 2.45) is 17.4 Å². The van der Waals surface area contributed by atoms with Gasteiger partial charge in [-0.05, 0) is 42.7 Å². The zero-order chi connectivity index (χ0) is 39.5. The maximum atomic E-state index is 14.0. The van der Waals surface area contributed by atoms with Crippen molar-refractivity contribution in [3.05, 3.63) is 83.9 Å². The number of nitrogens with zero attached hydrogens (tertiary/aromatic N) is 1. The zero-order valence-corrected chi connectivity index (χ0v) is 30.7. The number of amides is 7. The molecule has 0 spiro atoms. The summed E-state index contributed by atoms with van der Waals surface area (Å²) in [6.45, 7) is 4.52. The fourth-order valence-electron chi connectivity index (χ4n) is 5.47. The van der Waals surface area contributed by atoms with Gasteiger partial charge in [0.1, 0.15) is 24.7 Å². The third kappa shape index (κ3) is 15.9. The highest BCUT2D eigenvalue weighted by atomic mass is 16.7. The summed E-state index contributed by atoms with van der Waals surface area (Å²) < 4.78 is 5.33. The number of hydrogen-bond acceptors (Lipinski definition) is 9. The van der Waals surface area contributed by atoms with Crippen LogP contribution in [0.2, 0.25) is 0 Å². The van der Waals surface area contributed by atoms with Gasteiger partial charge in [-0.3, -0.25) is 33.6 Å². The highest BCUT2D eigenvalue weighted by molar-refractivity contribution is 5.94. The van der Waals surface area contributed by atoms with Crippen molar-refractivity contribution in [1.29, 1.82) is 0 Å². The number of carbonyl (C=O) groups is 7. The van der Waals surface area contributed by atoms with Gasteiger partial charge in [-0.1, -0.05) is 80.6 Å². The first-order valence-electron chi connectivity index (χ1n) is 17.9. The second-order valence-corrected chi connectivity index (χ2v) is 13.3. The molecule has 0 bridgehead atoms. The standard InChI is InChI=1S/C38H51N7O9/c1-25(2)22-30(44-38(52)53-24-27-12-7-4-8-13-27)36(50)43-31(23-26-10-5-3-6-11-26)37(51)42-29(16-18-33(40)47)35(49)41-28(14-17-32(39)46)15-19-34(48)45-20-9-21-54-45/h3-8,10-13,15,19,25,28-31H,9,14,16-18,20-24H2,1-2H3,(H2,39,46)(H2,40,47)(H,41,49)(H,42,51)(H,43,50)(H,44,52)/b19-15+/t28-,29-,30-,31-/m0/s1. The van der Waals surface area contributed by atoms with Crippen molar-refractivity contribution in [2.45, 2.75) is 89.6 Å². The minimum Gasteiger partial charge on any atom is -0.445 e. The van der Waals surface area contributed by atoms with Gasteiger partial charge in [-0.25, -0.2) is 9.86 Å². The van der Waals surface area contributed by atoms with E-state index in [4.69, 9.17) is 21.0 Å². The molecule has 1 heterocycles. The van der Waals surface area contributed by atoms with Crippen molar-refractivity contribution in [3.8, 4) is 0 Å². The third-order valence-electron chi connectivity index (χ3n) is 8.26. The van der Waals surface area contributed by atoms with Crippen LogP contribution in [-0.2, 0) is 51.4 Å². The molecule has 1 fully saturated rings. The number of hydrogen-bond donors (Lipinski definition) is 6. The first-order valence-corrected chi connectivity index (χ1v) is 17.9. The molecule has 3 rings (SSSR count). The highest BCUT2D eigenvalue weighted by Gasteiger charge is 2.31. The van der Waals surface area contributed by atoms with Crippen LogP contribution in [0.4, 0.5) is 4.79 Å². The Labute approximate surface area is 314 Å². The summed E-state index contributed by atoms with van der Waals surface area (Å²) >= 11 is 0. The van der Waals surface area contributed by atoms with Crippen LogP contribution < -0.4 is 32.7 Å². The van der Waals surface area contributed by atoms with Crippen molar-refractivity contribution < 1.29 is 43.1 Å². The van der Waals surface area contributed by atoms with E-state index in [0.717, 1.165) is 5.56 Å². The van der Waals surface area contributed by atoms with Gasteiger partial charge in [0, 0.05) is 31.4 Å². The fourth-order valence-corrected chi connectivity index (χ4v) is 5.47. The van der Waals surface area contributed by atoms with Crippen molar-refractivity contribution in [3.63, 3.8) is 0 Å². The molecular formula is C38H51N7O9. The predicted molar refractivity (Wildman–Crippen MR) is 197 cm³/mol. The average Bonchev–Trinajstić information content (AvgIpc) is 3.69. The zero-order valence-electron chi connectivity index (χ0n) is 30.7. The Morgan fingerprint density at radius 1 is 0.759 bits per heavy atom. The summed E-state index contributed by atoms with van der Waals surface area (Å²) in [4.78, 5) is 95.3. The second-order valence-electron chi connectivity index (χ2n) is 13.3. The summed E-state index contributed by atoms with van der Waals surface area (Å²) in [5.41, 5.74) is 12.2. The van der Waals surface area contributed by atoms with E-state index in [9.17, 15) is 33.6 Å². The van der Waals surface area contributed by atoms with Gasteiger partial charge in [0.25, 0.3) is 5.91 Å². The predicted octanol–water partition coefficient (Wildman–Crippen LogP) is 1.28. The molecule has 16 nitrogen and oxygen atoms in total. The van der Waals surface area contributed by atoms with E-state index < -0.39 is 65.7 Å². The van der Waals surface area contributed by atoms with E-state index in [2.05, 4.69) is 21.3 Å². The molecule has 2 aromatic rings. The molecule has 2 aromatic carbocycles. The molecule has 292 valence electrons. The molecule has 4 atom stereocenters. The van der Waals surface area contributed by atoms with Crippen LogP contribution in [0.3, 0.4) is 0 Å². The highest BCUT2D eigenvalue weighted by Crippen LogP contribution is 2.11. The molecule has 1 aliphatic rings. The number of benzene rings is 2. The Morgan fingerprint density at radius 2 is 1.33 bits per heavy atom. The number of hydroxylamine groups is 2. The SMILES string of the molecule is CC(C)C[C@H](NC(=O)OCc1ccccc1)C(=O)N[C@@H](Cc1ccccc1)C(=O)N[C@@H](CCC(N)=O)C(=O)N[C@H](/C=C/C(=O)N1CCCO1)CCC(N)=O. The van der Waals surface area contributed by atoms with Crippen LogP contribution in [-0.4, -0.2) is 83.9 Å². The molecule has 7 amide bonds. The Bertz CT molecular complexity index is 1600. The van der Waals surface area contributed by atoms with E-state index in [0.29, 0.717) is 25.1 Å². The first-order chi connectivity index (χ1) is 25.8. The maximum absolute atomic E-state index is 14.0. The number of alkyl carbamates (subject to hydrolysis) is 1. The van der Waals surface area contributed by atoms with E-state index in [1.54, 1.807) is 54.6 Å². The summed E-state index contributed by atoms with van der Waals surface area (Å²) in [5, 5.41) is 11.9. The second kappa shape index (κ2) is 22.3. The minimum absolute atomic E-state index is 0.0140. The average molecular weight is 750 g/mol. The lowest BCUT2D eigenvalue weighted by molar-refractivity contribution is -0.162. The number of primary amides is 2. The van der Waals surface area contributed by atoms with Crippen LogP contribution in [0.15, 0.2) is 72.8 Å². The molecule has 0 aromatic heterocycles. The molecule has 0 saturated carbocycles. The van der Waals surface area contributed by atoms with Gasteiger partial charge < -0.3 is 37.5 Å². The van der Waals surface area contributed by atoms with Gasteiger partial charge in [0.15, 0.2) is 0 Å². The van der Waals surface area contributed by atoms with Crippen molar-refractivity contribution in [2.75, 3.05) is 13.2 Å². The quantitative estimate of drug-likeness (QED) is 0.101. The smallest absolute Gasteiger partial charge is 0.408 e. The Balaban J connectivity index is 1.80. The molecule has 16 heteroatoms. The topological polar surface area (TPSA) is 241 Å². The third-order valence-corrected chi connectivity index (χ3v) is 8.26. The van der Waals surface area contributed by atoms with E-state index in [1.165, 1.54) is 17.2 Å². The number of rotatable bonds is 21. The molecule has 0 radical (unpaired) electrons. The number of nitrogens with two attached hydrogens (primary N) is 2. The van der Waals surface area contributed by atoms with Gasteiger partial charge in [0.2, 0.25) is 29.5 Å². The monoisotopic (exact) mass is 749 g/mol. The fraction of sp³-hybridized carbons (Fsp3) is 0.447. The summed E-state index contributed by atoms with van der Waals surface area (Å²) in [5.74, 6) is -4.00. The summed E-state index contributed by atoms with van der Waals surface area (Å²) in [6, 6.07) is 13.4.